The average Bonchev–Trinajstić information content (AvgIpc) is 2.45. The number of hydrogen-bond donors (Lipinski definition) is 3. The largest absolute Gasteiger partial charge is 0.365 e. The van der Waals surface area contributed by atoms with E-state index < -0.39 is 6.35 Å². The van der Waals surface area contributed by atoms with Gasteiger partial charge >= 0.3 is 0 Å². The van der Waals surface area contributed by atoms with Crippen LogP contribution in [0.2, 0.25) is 0 Å². The fraction of sp³-hybridized carbons (Fsp3) is 1.00. The van der Waals surface area contributed by atoms with Gasteiger partial charge in [-0.15, -0.1) is 0 Å². The van der Waals surface area contributed by atoms with E-state index in [4.69, 9.17) is 0 Å². The van der Waals surface area contributed by atoms with E-state index in [-0.39, 0.29) is 0 Å². The minimum Gasteiger partial charge on any atom is -0.365 e. The van der Waals surface area contributed by atoms with Crippen molar-refractivity contribution in [3.63, 3.8) is 0 Å². The predicted octanol–water partition coefficient (Wildman–Crippen LogP) is -0.282. The first-order chi connectivity index (χ1) is 5.31. The molecule has 3 N–H and O–H groups in total. The van der Waals surface area contributed by atoms with E-state index in [1.807, 2.05) is 11.8 Å². The molecule has 0 aromatic heterocycles. The van der Waals surface area contributed by atoms with E-state index >= 15 is 0 Å². The molecule has 2 rings (SSSR count). The Labute approximate surface area is 70.9 Å². The van der Waals surface area contributed by atoms with Crippen LogP contribution in [0.3, 0.4) is 0 Å². The second-order valence-corrected chi connectivity index (χ2v) is 4.42. The second-order valence-electron chi connectivity index (χ2n) is 3.15. The molecule has 2 aliphatic rings. The third-order valence-corrected chi connectivity index (χ3v) is 4.05. The highest BCUT2D eigenvalue weighted by Gasteiger charge is 2.41. The SMILES string of the molecule is CC[C@H]1SCC2NC(O)NC21. The lowest BCUT2D eigenvalue weighted by Crippen LogP contribution is -2.37. The number of thioether (sulfide) groups is 1. The summed E-state index contributed by atoms with van der Waals surface area (Å²) < 4.78 is 0. The van der Waals surface area contributed by atoms with Crippen molar-refractivity contribution in [2.45, 2.75) is 37.0 Å². The monoisotopic (exact) mass is 174 g/mol. The van der Waals surface area contributed by atoms with Gasteiger partial charge in [-0.2, -0.15) is 11.8 Å². The van der Waals surface area contributed by atoms with Gasteiger partial charge in [-0.25, -0.2) is 0 Å². The lowest BCUT2D eigenvalue weighted by atomic mass is 10.1. The van der Waals surface area contributed by atoms with Crippen LogP contribution in [0.4, 0.5) is 0 Å². The third-order valence-electron chi connectivity index (χ3n) is 2.45. The molecule has 2 fully saturated rings. The fourth-order valence-electron chi connectivity index (χ4n) is 1.87. The maximum absolute atomic E-state index is 9.22. The molecule has 0 radical (unpaired) electrons. The first kappa shape index (κ1) is 7.86. The van der Waals surface area contributed by atoms with Gasteiger partial charge in [-0.1, -0.05) is 6.92 Å². The maximum Gasteiger partial charge on any atom is 0.161 e. The van der Waals surface area contributed by atoms with Crippen LogP contribution in [-0.2, 0) is 0 Å². The zero-order valence-electron chi connectivity index (χ0n) is 6.58. The molecule has 0 aromatic rings. The topological polar surface area (TPSA) is 44.3 Å². The lowest BCUT2D eigenvalue weighted by molar-refractivity contribution is 0.130. The zero-order valence-corrected chi connectivity index (χ0v) is 7.40. The van der Waals surface area contributed by atoms with Crippen LogP contribution in [0, 0.1) is 0 Å². The van der Waals surface area contributed by atoms with Crippen molar-refractivity contribution in [3.05, 3.63) is 0 Å². The van der Waals surface area contributed by atoms with Crippen LogP contribution in [0.25, 0.3) is 0 Å². The Morgan fingerprint density at radius 3 is 3.09 bits per heavy atom. The Morgan fingerprint density at radius 2 is 2.36 bits per heavy atom. The smallest absolute Gasteiger partial charge is 0.161 e. The van der Waals surface area contributed by atoms with Crippen molar-refractivity contribution in [1.29, 1.82) is 0 Å². The van der Waals surface area contributed by atoms with E-state index in [1.165, 1.54) is 6.42 Å². The first-order valence-corrected chi connectivity index (χ1v) is 5.18. The molecule has 2 heterocycles. The minimum atomic E-state index is -0.472. The van der Waals surface area contributed by atoms with Crippen molar-refractivity contribution in [2.24, 2.45) is 0 Å². The molecule has 0 aromatic carbocycles. The highest BCUT2D eigenvalue weighted by Crippen LogP contribution is 2.31. The Balaban J connectivity index is 2.01. The summed E-state index contributed by atoms with van der Waals surface area (Å²) in [6.45, 7) is 2.20. The molecule has 4 atom stereocenters. The van der Waals surface area contributed by atoms with Crippen LogP contribution in [-0.4, -0.2) is 34.5 Å². The number of fused-ring (bicyclic) bond motifs is 1. The van der Waals surface area contributed by atoms with Gasteiger partial charge < -0.3 is 5.11 Å². The third kappa shape index (κ3) is 1.28. The van der Waals surface area contributed by atoms with Gasteiger partial charge in [0.15, 0.2) is 6.35 Å². The van der Waals surface area contributed by atoms with Gasteiger partial charge in [0, 0.05) is 23.1 Å². The molecular weight excluding hydrogens is 160 g/mol. The van der Waals surface area contributed by atoms with Gasteiger partial charge in [0.2, 0.25) is 0 Å². The molecule has 2 saturated heterocycles. The summed E-state index contributed by atoms with van der Waals surface area (Å²) in [6, 6.07) is 0.972. The Morgan fingerprint density at radius 1 is 1.55 bits per heavy atom. The number of nitrogens with one attached hydrogen (secondary N) is 2. The molecule has 3 nitrogen and oxygen atoms in total. The van der Waals surface area contributed by atoms with Gasteiger partial charge in [-0.3, -0.25) is 10.6 Å². The number of rotatable bonds is 1. The normalized spacial score (nSPS) is 49.6. The highest BCUT2D eigenvalue weighted by atomic mass is 32.2. The summed E-state index contributed by atoms with van der Waals surface area (Å²) in [4.78, 5) is 0. The predicted molar refractivity (Wildman–Crippen MR) is 46.4 cm³/mol. The van der Waals surface area contributed by atoms with Crippen molar-refractivity contribution in [2.75, 3.05) is 5.75 Å². The summed E-state index contributed by atoms with van der Waals surface area (Å²) in [5.74, 6) is 1.13. The van der Waals surface area contributed by atoms with Gasteiger partial charge in [0.05, 0.1) is 0 Å². The van der Waals surface area contributed by atoms with Crippen molar-refractivity contribution < 1.29 is 5.11 Å². The van der Waals surface area contributed by atoms with E-state index in [1.54, 1.807) is 0 Å². The Bertz CT molecular complexity index is 153. The highest BCUT2D eigenvalue weighted by molar-refractivity contribution is 8.00. The zero-order chi connectivity index (χ0) is 7.84. The quantitative estimate of drug-likeness (QED) is 0.511. The van der Waals surface area contributed by atoms with E-state index in [2.05, 4.69) is 17.6 Å². The van der Waals surface area contributed by atoms with Crippen molar-refractivity contribution in [3.8, 4) is 0 Å². The number of aliphatic hydroxyl groups excluding tert-OH is 1. The van der Waals surface area contributed by atoms with Gasteiger partial charge in [0.1, 0.15) is 0 Å². The van der Waals surface area contributed by atoms with E-state index in [0.717, 1.165) is 5.75 Å². The number of aliphatic hydroxyl groups is 1. The Kier molecular flexibility index (Phi) is 2.10. The lowest BCUT2D eigenvalue weighted by Gasteiger charge is -2.14. The molecule has 0 saturated carbocycles. The van der Waals surface area contributed by atoms with E-state index in [9.17, 15) is 5.11 Å². The molecule has 0 aliphatic carbocycles. The fourth-order valence-corrected chi connectivity index (χ4v) is 3.34. The summed E-state index contributed by atoms with van der Waals surface area (Å²) >= 11 is 2.00. The summed E-state index contributed by atoms with van der Waals surface area (Å²) in [5.41, 5.74) is 0. The maximum atomic E-state index is 9.22. The van der Waals surface area contributed by atoms with Crippen LogP contribution in [0.15, 0.2) is 0 Å². The molecule has 4 heteroatoms. The molecular formula is C7H14N2OS. The molecule has 11 heavy (non-hydrogen) atoms. The summed E-state index contributed by atoms with van der Waals surface area (Å²) in [7, 11) is 0. The van der Waals surface area contributed by atoms with Crippen molar-refractivity contribution in [1.82, 2.24) is 10.6 Å². The van der Waals surface area contributed by atoms with Crippen molar-refractivity contribution >= 4 is 11.8 Å². The summed E-state index contributed by atoms with van der Waals surface area (Å²) in [5, 5.41) is 16.1. The van der Waals surface area contributed by atoms with Crippen LogP contribution in [0.5, 0.6) is 0 Å². The molecule has 0 bridgehead atoms. The Hall–Kier alpha value is 0.230. The standard InChI is InChI=1S/C7H14N2OS/c1-2-5-6-4(3-11-5)8-7(10)9-6/h4-10H,2-3H2,1H3/t4?,5-,6?,7?/m1/s1. The average molecular weight is 174 g/mol. The molecule has 3 unspecified atom stereocenters. The van der Waals surface area contributed by atoms with Crippen LogP contribution >= 0.6 is 11.8 Å². The summed E-state index contributed by atoms with van der Waals surface area (Å²) in [6.07, 6.45) is 0.715. The van der Waals surface area contributed by atoms with Crippen LogP contribution < -0.4 is 10.6 Å². The van der Waals surface area contributed by atoms with Gasteiger partial charge in [0.25, 0.3) is 0 Å². The van der Waals surface area contributed by atoms with Crippen LogP contribution in [0.1, 0.15) is 13.3 Å². The van der Waals surface area contributed by atoms with Gasteiger partial charge in [-0.05, 0) is 6.42 Å². The molecule has 2 aliphatic heterocycles. The first-order valence-electron chi connectivity index (χ1n) is 4.13. The molecule has 0 spiro atoms. The molecule has 0 amide bonds. The second kappa shape index (κ2) is 2.94. The minimum absolute atomic E-state index is 0.472. The number of hydrogen-bond acceptors (Lipinski definition) is 4. The van der Waals surface area contributed by atoms with E-state index in [0.29, 0.717) is 17.3 Å². The molecule has 64 valence electrons.